The minimum Gasteiger partial charge on any atom is -0.481 e. The van der Waals surface area contributed by atoms with Crippen molar-refractivity contribution in [2.24, 2.45) is 5.41 Å². The summed E-state index contributed by atoms with van der Waals surface area (Å²) in [4.78, 5) is 25.9. The zero-order valence-electron chi connectivity index (χ0n) is 14.5. The van der Waals surface area contributed by atoms with E-state index in [9.17, 15) is 19.8 Å². The number of urea groups is 1. The van der Waals surface area contributed by atoms with Gasteiger partial charge in [-0.3, -0.25) is 4.79 Å². The molecule has 132 valence electrons. The summed E-state index contributed by atoms with van der Waals surface area (Å²) in [5.74, 6) is -1.04. The summed E-state index contributed by atoms with van der Waals surface area (Å²) in [5.41, 5.74) is 1.38. The number of benzene rings is 1. The van der Waals surface area contributed by atoms with Crippen molar-refractivity contribution in [2.75, 3.05) is 18.4 Å². The molecule has 1 aliphatic rings. The molecule has 1 aliphatic heterocycles. The van der Waals surface area contributed by atoms with Gasteiger partial charge in [-0.2, -0.15) is 0 Å². The highest BCUT2D eigenvalue weighted by molar-refractivity contribution is 5.91. The van der Waals surface area contributed by atoms with Crippen LogP contribution in [0, 0.1) is 19.3 Å². The average molecular weight is 334 g/mol. The lowest BCUT2D eigenvalue weighted by Gasteiger charge is -2.43. The predicted molar refractivity (Wildman–Crippen MR) is 92.1 cm³/mol. The molecule has 2 rings (SSSR count). The molecule has 1 aromatic carbocycles. The molecule has 6 nitrogen and oxygen atoms in total. The molecular formula is C18H26N2O4. The Labute approximate surface area is 142 Å². The van der Waals surface area contributed by atoms with E-state index < -0.39 is 17.5 Å². The lowest BCUT2D eigenvalue weighted by atomic mass is 9.74. The van der Waals surface area contributed by atoms with Crippen LogP contribution >= 0.6 is 0 Å². The first kappa shape index (κ1) is 18.3. The molecule has 0 radical (unpaired) electrons. The van der Waals surface area contributed by atoms with Gasteiger partial charge in [0.05, 0.1) is 6.10 Å². The fraction of sp³-hybridized carbons (Fsp3) is 0.556. The van der Waals surface area contributed by atoms with E-state index in [-0.39, 0.29) is 19.0 Å². The first-order valence-electron chi connectivity index (χ1n) is 8.35. The Morgan fingerprint density at radius 3 is 2.50 bits per heavy atom. The molecule has 1 fully saturated rings. The predicted octanol–water partition coefficient (Wildman–Crippen LogP) is 2.77. The third-order valence-electron chi connectivity index (χ3n) is 4.91. The Morgan fingerprint density at radius 2 is 1.96 bits per heavy atom. The van der Waals surface area contributed by atoms with Crippen molar-refractivity contribution in [3.63, 3.8) is 0 Å². The van der Waals surface area contributed by atoms with Gasteiger partial charge < -0.3 is 20.4 Å². The van der Waals surface area contributed by atoms with Crippen molar-refractivity contribution in [2.45, 2.75) is 46.1 Å². The molecule has 1 aromatic rings. The van der Waals surface area contributed by atoms with Gasteiger partial charge in [0.25, 0.3) is 0 Å². The number of anilines is 1. The van der Waals surface area contributed by atoms with Crippen LogP contribution in [0.4, 0.5) is 10.5 Å². The number of piperidine rings is 1. The minimum absolute atomic E-state index is 0.0219. The van der Waals surface area contributed by atoms with Crippen LogP contribution in [0.1, 0.15) is 37.3 Å². The van der Waals surface area contributed by atoms with Crippen molar-refractivity contribution in [3.05, 3.63) is 29.3 Å². The first-order chi connectivity index (χ1) is 11.3. The van der Waals surface area contributed by atoms with E-state index in [0.29, 0.717) is 19.4 Å². The molecule has 0 aliphatic carbocycles. The summed E-state index contributed by atoms with van der Waals surface area (Å²) in [7, 11) is 0. The van der Waals surface area contributed by atoms with Crippen molar-refractivity contribution < 1.29 is 19.8 Å². The summed E-state index contributed by atoms with van der Waals surface area (Å²) < 4.78 is 0. The van der Waals surface area contributed by atoms with E-state index in [2.05, 4.69) is 5.32 Å². The molecule has 3 N–H and O–H groups in total. The second-order valence-corrected chi connectivity index (χ2v) is 6.63. The monoisotopic (exact) mass is 334 g/mol. The van der Waals surface area contributed by atoms with Gasteiger partial charge in [0.15, 0.2) is 0 Å². The number of aliphatic hydroxyl groups is 1. The second-order valence-electron chi connectivity index (χ2n) is 6.63. The van der Waals surface area contributed by atoms with Crippen LogP contribution < -0.4 is 5.32 Å². The van der Waals surface area contributed by atoms with E-state index >= 15 is 0 Å². The Bertz CT molecular complexity index is 611. The fourth-order valence-corrected chi connectivity index (χ4v) is 3.46. The molecule has 0 bridgehead atoms. The Hall–Kier alpha value is -2.08. The summed E-state index contributed by atoms with van der Waals surface area (Å²) >= 11 is 0. The Morgan fingerprint density at radius 1 is 1.33 bits per heavy atom. The molecule has 2 amide bonds. The van der Waals surface area contributed by atoms with Crippen LogP contribution in [0.5, 0.6) is 0 Å². The summed E-state index contributed by atoms with van der Waals surface area (Å²) in [6.07, 6.45) is 0.318. The lowest BCUT2D eigenvalue weighted by molar-refractivity contribution is -0.162. The third kappa shape index (κ3) is 3.38. The lowest BCUT2D eigenvalue weighted by Crippen LogP contribution is -2.58. The van der Waals surface area contributed by atoms with E-state index in [1.54, 1.807) is 0 Å². The zero-order valence-corrected chi connectivity index (χ0v) is 14.5. The molecule has 0 saturated carbocycles. The largest absolute Gasteiger partial charge is 0.481 e. The maximum atomic E-state index is 12.6. The van der Waals surface area contributed by atoms with Gasteiger partial charge >= 0.3 is 12.0 Å². The van der Waals surface area contributed by atoms with Gasteiger partial charge in [0, 0.05) is 18.8 Å². The molecule has 6 heteroatoms. The number of aliphatic carboxylic acids is 1. The number of carboxylic acid groups (broad SMARTS) is 1. The molecule has 2 atom stereocenters. The fourth-order valence-electron chi connectivity index (χ4n) is 3.46. The molecule has 1 saturated heterocycles. The molecule has 24 heavy (non-hydrogen) atoms. The van der Waals surface area contributed by atoms with Gasteiger partial charge in [-0.05, 0) is 37.8 Å². The van der Waals surface area contributed by atoms with Crippen molar-refractivity contribution >= 4 is 17.7 Å². The van der Waals surface area contributed by atoms with E-state index in [1.807, 2.05) is 39.0 Å². The number of likely N-dealkylation sites (tertiary alicyclic amines) is 1. The van der Waals surface area contributed by atoms with Crippen LogP contribution in [0.25, 0.3) is 0 Å². The normalized spacial score (nSPS) is 23.8. The average Bonchev–Trinajstić information content (AvgIpc) is 2.53. The van der Waals surface area contributed by atoms with Crippen LogP contribution in [0.2, 0.25) is 0 Å². The number of aryl methyl sites for hydroxylation is 2. The van der Waals surface area contributed by atoms with Gasteiger partial charge in [-0.1, -0.05) is 31.5 Å². The highest BCUT2D eigenvalue weighted by atomic mass is 16.4. The number of aliphatic hydroxyl groups excluding tert-OH is 1. The standard InChI is InChI=1S/C18H26N2O4/c1-4-9-18(16(22)23)11-20(10-8-14(18)21)17(24)19-15-12(2)6-5-7-13(15)3/h5-7,14,21H,4,8-11H2,1-3H3,(H,19,24)(H,22,23)/t14-,18+/m0/s1. The number of carbonyl (C=O) groups is 2. The molecule has 0 unspecified atom stereocenters. The quantitative estimate of drug-likeness (QED) is 0.790. The highest BCUT2D eigenvalue weighted by Gasteiger charge is 2.49. The van der Waals surface area contributed by atoms with Crippen LogP contribution in [-0.4, -0.2) is 46.3 Å². The second kappa shape index (κ2) is 7.21. The number of rotatable bonds is 4. The molecule has 0 aromatic heterocycles. The number of nitrogens with one attached hydrogen (secondary N) is 1. The number of amides is 2. The number of hydrogen-bond acceptors (Lipinski definition) is 3. The number of carbonyl (C=O) groups excluding carboxylic acids is 1. The maximum absolute atomic E-state index is 12.6. The molecule has 1 heterocycles. The number of nitrogens with zero attached hydrogens (tertiary/aromatic N) is 1. The number of carboxylic acids is 1. The van der Waals surface area contributed by atoms with Crippen LogP contribution in [0.3, 0.4) is 0 Å². The van der Waals surface area contributed by atoms with Crippen molar-refractivity contribution in [1.82, 2.24) is 4.90 Å². The van der Waals surface area contributed by atoms with Crippen molar-refractivity contribution in [1.29, 1.82) is 0 Å². The topological polar surface area (TPSA) is 89.9 Å². The Balaban J connectivity index is 2.20. The van der Waals surface area contributed by atoms with Crippen LogP contribution in [0.15, 0.2) is 18.2 Å². The molecular weight excluding hydrogens is 308 g/mol. The van der Waals surface area contributed by atoms with Gasteiger partial charge in [-0.25, -0.2) is 4.79 Å². The highest BCUT2D eigenvalue weighted by Crippen LogP contribution is 2.36. The van der Waals surface area contributed by atoms with E-state index in [0.717, 1.165) is 16.8 Å². The zero-order chi connectivity index (χ0) is 17.9. The van der Waals surface area contributed by atoms with E-state index in [4.69, 9.17) is 0 Å². The van der Waals surface area contributed by atoms with Gasteiger partial charge in [-0.15, -0.1) is 0 Å². The molecule has 0 spiro atoms. The summed E-state index contributed by atoms with van der Waals surface area (Å²) in [6, 6.07) is 5.44. The summed E-state index contributed by atoms with van der Waals surface area (Å²) in [6.45, 7) is 6.08. The SMILES string of the molecule is CCC[C@@]1(C(=O)O)CN(C(=O)Nc2c(C)cccc2C)CC[C@@H]1O. The number of para-hydroxylation sites is 1. The van der Waals surface area contributed by atoms with Crippen molar-refractivity contribution in [3.8, 4) is 0 Å². The smallest absolute Gasteiger partial charge is 0.321 e. The van der Waals surface area contributed by atoms with E-state index in [1.165, 1.54) is 4.90 Å². The van der Waals surface area contributed by atoms with Gasteiger partial charge in [0.1, 0.15) is 5.41 Å². The van der Waals surface area contributed by atoms with Gasteiger partial charge in [0.2, 0.25) is 0 Å². The number of hydrogen-bond donors (Lipinski definition) is 3. The van der Waals surface area contributed by atoms with Crippen LogP contribution in [-0.2, 0) is 4.79 Å². The summed E-state index contributed by atoms with van der Waals surface area (Å²) in [5, 5.41) is 22.8. The first-order valence-corrected chi connectivity index (χ1v) is 8.35. The third-order valence-corrected chi connectivity index (χ3v) is 4.91. The minimum atomic E-state index is -1.29. The maximum Gasteiger partial charge on any atom is 0.321 e. The Kier molecular flexibility index (Phi) is 5.49.